The molecule has 0 aliphatic rings. The van der Waals surface area contributed by atoms with E-state index in [2.05, 4.69) is 20.2 Å². The number of alkyl halides is 3. The second kappa shape index (κ2) is 7.63. The van der Waals surface area contributed by atoms with Crippen molar-refractivity contribution in [1.82, 2.24) is 24.9 Å². The van der Waals surface area contributed by atoms with Crippen LogP contribution in [0.5, 0.6) is 0 Å². The van der Waals surface area contributed by atoms with Crippen molar-refractivity contribution in [2.45, 2.75) is 19.1 Å². The average molecular weight is 431 g/mol. The molecule has 0 bridgehead atoms. The lowest BCUT2D eigenvalue weighted by molar-refractivity contribution is -0.137. The Morgan fingerprint density at radius 3 is 2.68 bits per heavy atom. The van der Waals surface area contributed by atoms with E-state index in [1.165, 1.54) is 36.5 Å². The van der Waals surface area contributed by atoms with E-state index >= 15 is 0 Å². The van der Waals surface area contributed by atoms with E-state index in [1.54, 1.807) is 0 Å². The molecule has 4 aromatic rings. The third-order valence-electron chi connectivity index (χ3n) is 4.33. The third-order valence-corrected chi connectivity index (χ3v) is 4.33. The molecule has 3 heterocycles. The van der Waals surface area contributed by atoms with Gasteiger partial charge in [0.2, 0.25) is 0 Å². The molecule has 9 nitrogen and oxygen atoms in total. The van der Waals surface area contributed by atoms with E-state index in [1.807, 2.05) is 0 Å². The molecule has 0 saturated heterocycles. The van der Waals surface area contributed by atoms with Crippen LogP contribution in [0.1, 0.15) is 17.1 Å². The van der Waals surface area contributed by atoms with Crippen molar-refractivity contribution in [3.05, 3.63) is 70.0 Å². The van der Waals surface area contributed by atoms with Crippen molar-refractivity contribution in [2.75, 3.05) is 0 Å². The molecule has 158 valence electrons. The molecule has 0 radical (unpaired) electrons. The molecule has 1 aromatic carbocycles. The summed E-state index contributed by atoms with van der Waals surface area (Å²) in [5, 5.41) is 16.9. The van der Waals surface area contributed by atoms with Crippen molar-refractivity contribution >= 4 is 16.9 Å². The first-order valence-electron chi connectivity index (χ1n) is 8.79. The molecular formula is C19H12F3N5O4. The summed E-state index contributed by atoms with van der Waals surface area (Å²) in [6.07, 6.45) is -3.70. The molecule has 1 N–H and O–H groups in total. The first-order chi connectivity index (χ1) is 14.7. The van der Waals surface area contributed by atoms with Crippen molar-refractivity contribution in [3.8, 4) is 11.5 Å². The Balaban J connectivity index is 1.74. The van der Waals surface area contributed by atoms with E-state index in [4.69, 9.17) is 9.63 Å². The molecule has 0 fully saturated rings. The summed E-state index contributed by atoms with van der Waals surface area (Å²) < 4.78 is 45.6. The quantitative estimate of drug-likeness (QED) is 0.511. The number of halogens is 3. The predicted octanol–water partition coefficient (Wildman–Crippen LogP) is 2.54. The maximum Gasteiger partial charge on any atom is 0.417 e. The predicted molar refractivity (Wildman–Crippen MR) is 99.0 cm³/mol. The molecule has 0 unspecified atom stereocenters. The normalized spacial score (nSPS) is 11.7. The van der Waals surface area contributed by atoms with Gasteiger partial charge in [0, 0.05) is 6.20 Å². The molecule has 3 aromatic heterocycles. The number of aromatic nitrogens is 5. The molecule has 0 spiro atoms. The van der Waals surface area contributed by atoms with Crippen LogP contribution in [0.25, 0.3) is 22.4 Å². The zero-order valence-corrected chi connectivity index (χ0v) is 15.5. The molecule has 4 rings (SSSR count). The van der Waals surface area contributed by atoms with Crippen LogP contribution in [0.2, 0.25) is 0 Å². The second-order valence-corrected chi connectivity index (χ2v) is 6.44. The summed E-state index contributed by atoms with van der Waals surface area (Å²) in [6.45, 7) is -0.339. The second-order valence-electron chi connectivity index (χ2n) is 6.44. The van der Waals surface area contributed by atoms with Gasteiger partial charge in [0.1, 0.15) is 6.54 Å². The Morgan fingerprint density at radius 2 is 1.94 bits per heavy atom. The van der Waals surface area contributed by atoms with Crippen molar-refractivity contribution < 1.29 is 27.6 Å². The number of benzene rings is 1. The van der Waals surface area contributed by atoms with Crippen LogP contribution >= 0.6 is 0 Å². The highest BCUT2D eigenvalue weighted by atomic mass is 19.4. The maximum absolute atomic E-state index is 13.2. The molecule has 0 aliphatic carbocycles. The summed E-state index contributed by atoms with van der Waals surface area (Å²) in [7, 11) is 0. The van der Waals surface area contributed by atoms with Gasteiger partial charge in [-0.3, -0.25) is 14.6 Å². The fraction of sp³-hybridized carbons (Fsp3) is 0.158. The summed E-state index contributed by atoms with van der Waals surface area (Å²) in [5.74, 6) is -1.65. The van der Waals surface area contributed by atoms with Crippen LogP contribution in [0, 0.1) is 0 Å². The van der Waals surface area contributed by atoms with Gasteiger partial charge in [-0.15, -0.1) is 0 Å². The molecule has 0 saturated carbocycles. The van der Waals surface area contributed by atoms with Gasteiger partial charge in [-0.2, -0.15) is 23.3 Å². The number of nitrogens with zero attached hydrogens (tertiary/aromatic N) is 5. The zero-order chi connectivity index (χ0) is 22.2. The maximum atomic E-state index is 13.2. The number of carboxylic acids is 1. The third kappa shape index (κ3) is 3.99. The van der Waals surface area contributed by atoms with Crippen molar-refractivity contribution in [2.24, 2.45) is 0 Å². The van der Waals surface area contributed by atoms with Gasteiger partial charge in [0.25, 0.3) is 11.4 Å². The lowest BCUT2D eigenvalue weighted by Crippen LogP contribution is -2.26. The highest BCUT2D eigenvalue weighted by molar-refractivity contribution is 5.83. The minimum absolute atomic E-state index is 0.0498. The number of aliphatic carboxylic acids is 1. The Labute approximate surface area is 170 Å². The van der Waals surface area contributed by atoms with Crippen LogP contribution in [-0.2, 0) is 23.9 Å². The summed E-state index contributed by atoms with van der Waals surface area (Å²) in [4.78, 5) is 31.8. The van der Waals surface area contributed by atoms with E-state index in [0.29, 0.717) is 0 Å². The Bertz CT molecular complexity index is 1350. The first-order valence-corrected chi connectivity index (χ1v) is 8.79. The Hall–Kier alpha value is -4.09. The number of carbonyl (C=O) groups is 1. The molecule has 0 aliphatic heterocycles. The van der Waals surface area contributed by atoms with E-state index in [0.717, 1.165) is 10.7 Å². The van der Waals surface area contributed by atoms with E-state index < -0.39 is 29.7 Å². The summed E-state index contributed by atoms with van der Waals surface area (Å²) in [5.41, 5.74) is -1.63. The molecule has 0 amide bonds. The molecular weight excluding hydrogens is 419 g/mol. The van der Waals surface area contributed by atoms with Crippen LogP contribution in [0.4, 0.5) is 13.2 Å². The molecule has 12 heteroatoms. The zero-order valence-electron chi connectivity index (χ0n) is 15.5. The van der Waals surface area contributed by atoms with Gasteiger partial charge in [-0.05, 0) is 24.3 Å². The number of carboxylic acid groups (broad SMARTS) is 1. The number of hydrogen-bond donors (Lipinski definition) is 1. The van der Waals surface area contributed by atoms with Crippen molar-refractivity contribution in [1.29, 1.82) is 0 Å². The fourth-order valence-corrected chi connectivity index (χ4v) is 3.03. The van der Waals surface area contributed by atoms with E-state index in [9.17, 15) is 22.8 Å². The highest BCUT2D eigenvalue weighted by Crippen LogP contribution is 2.36. The highest BCUT2D eigenvalue weighted by Gasteiger charge is 2.34. The van der Waals surface area contributed by atoms with Gasteiger partial charge in [0.05, 0.1) is 34.1 Å². The van der Waals surface area contributed by atoms with Crippen LogP contribution in [-0.4, -0.2) is 36.0 Å². The van der Waals surface area contributed by atoms with Gasteiger partial charge < -0.3 is 9.63 Å². The minimum atomic E-state index is -4.62. The van der Waals surface area contributed by atoms with Gasteiger partial charge >= 0.3 is 12.1 Å². The van der Waals surface area contributed by atoms with Gasteiger partial charge in [-0.25, -0.2) is 4.68 Å². The van der Waals surface area contributed by atoms with Gasteiger partial charge in [0.15, 0.2) is 5.82 Å². The van der Waals surface area contributed by atoms with Crippen LogP contribution in [0.3, 0.4) is 0 Å². The van der Waals surface area contributed by atoms with Gasteiger partial charge in [-0.1, -0.05) is 17.3 Å². The smallest absolute Gasteiger partial charge is 0.417 e. The fourth-order valence-electron chi connectivity index (χ4n) is 3.03. The summed E-state index contributed by atoms with van der Waals surface area (Å²) in [6, 6.07) is 7.70. The lowest BCUT2D eigenvalue weighted by Gasteiger charge is -2.09. The van der Waals surface area contributed by atoms with E-state index in [-0.39, 0.29) is 40.4 Å². The summed E-state index contributed by atoms with van der Waals surface area (Å²) >= 11 is 0. The Kier molecular flexibility index (Phi) is 4.97. The first kappa shape index (κ1) is 20.2. The largest absolute Gasteiger partial charge is 0.481 e. The van der Waals surface area contributed by atoms with Crippen molar-refractivity contribution in [3.63, 3.8) is 0 Å². The molecule has 31 heavy (non-hydrogen) atoms. The number of fused-ring (bicyclic) bond motifs is 1. The lowest BCUT2D eigenvalue weighted by atomic mass is 10.1. The number of hydrogen-bond acceptors (Lipinski definition) is 7. The van der Waals surface area contributed by atoms with Crippen LogP contribution in [0.15, 0.2) is 51.9 Å². The SMILES string of the molecule is O=C(O)Cc1nn(Cc2noc(-c3ccccc3C(F)(F)F)n2)c(=O)c2cccnc12. The Morgan fingerprint density at radius 1 is 1.16 bits per heavy atom. The monoisotopic (exact) mass is 431 g/mol. The standard InChI is InChI=1S/C19H12F3N5O4/c20-19(21,22)12-6-2-1-4-10(12)17-24-14(26-31-17)9-27-18(30)11-5-3-7-23-16(11)13(25-27)8-15(28)29/h1-7H,8-9H2,(H,28,29). The average Bonchev–Trinajstić information content (AvgIpc) is 3.19. The van der Waals surface area contributed by atoms with Crippen LogP contribution < -0.4 is 5.56 Å². The minimum Gasteiger partial charge on any atom is -0.481 e. The molecule has 0 atom stereocenters. The number of pyridine rings is 1. The number of rotatable bonds is 5. The topological polar surface area (TPSA) is 124 Å².